The second-order valence-corrected chi connectivity index (χ2v) is 12.3. The highest BCUT2D eigenvalue weighted by molar-refractivity contribution is 9.10. The van der Waals surface area contributed by atoms with Gasteiger partial charge in [-0.3, -0.25) is 0 Å². The van der Waals surface area contributed by atoms with Crippen molar-refractivity contribution in [1.29, 1.82) is 0 Å². The Balaban J connectivity index is 1.42. The van der Waals surface area contributed by atoms with Gasteiger partial charge in [0.2, 0.25) is 0 Å². The first-order chi connectivity index (χ1) is 14.2. The Labute approximate surface area is 195 Å². The third-order valence-electron chi connectivity index (χ3n) is 8.50. The van der Waals surface area contributed by atoms with Crippen LogP contribution in [0.5, 0.6) is 0 Å². The van der Waals surface area contributed by atoms with Gasteiger partial charge >= 0.3 is 0 Å². The highest BCUT2D eigenvalue weighted by atomic mass is 79.9. The van der Waals surface area contributed by atoms with Crippen LogP contribution in [0.4, 0.5) is 0 Å². The van der Waals surface area contributed by atoms with Gasteiger partial charge in [-0.05, 0) is 54.7 Å². The average Bonchev–Trinajstić information content (AvgIpc) is 2.97. The summed E-state index contributed by atoms with van der Waals surface area (Å²) in [7, 11) is 0. The summed E-state index contributed by atoms with van der Waals surface area (Å²) >= 11 is 7.24. The summed E-state index contributed by atoms with van der Waals surface area (Å²) in [4.78, 5) is 1.58. The molecule has 2 bridgehead atoms. The predicted octanol–water partition coefficient (Wildman–Crippen LogP) is 5.02. The van der Waals surface area contributed by atoms with Gasteiger partial charge in [-0.1, -0.05) is 52.6 Å². The number of halogens is 2. The van der Waals surface area contributed by atoms with Crippen molar-refractivity contribution >= 4 is 53.7 Å². The molecule has 3 aromatic rings. The van der Waals surface area contributed by atoms with E-state index in [0.717, 1.165) is 21.4 Å². The van der Waals surface area contributed by atoms with Crippen LogP contribution >= 0.6 is 31.9 Å². The van der Waals surface area contributed by atoms with Crippen LogP contribution in [0.25, 0.3) is 21.8 Å². The number of likely N-dealkylation sites (tertiary alicyclic amines) is 1. The highest BCUT2D eigenvalue weighted by Crippen LogP contribution is 2.56. The molecular weight excluding hydrogens is 504 g/mol. The summed E-state index contributed by atoms with van der Waals surface area (Å²) in [6.45, 7) is 11.3. The number of benzene rings is 2. The van der Waals surface area contributed by atoms with Gasteiger partial charge in [0.15, 0.2) is 0 Å². The molecular formula is C25H31Br2N2O+. The van der Waals surface area contributed by atoms with Gasteiger partial charge in [-0.25, -0.2) is 0 Å². The number of hydrogen-bond acceptors (Lipinski definition) is 1. The topological polar surface area (TPSA) is 29.6 Å². The van der Waals surface area contributed by atoms with Gasteiger partial charge in [-0.15, -0.1) is 0 Å². The van der Waals surface area contributed by atoms with Gasteiger partial charge in [0, 0.05) is 42.1 Å². The summed E-state index contributed by atoms with van der Waals surface area (Å²) in [6, 6.07) is 12.9. The summed E-state index contributed by atoms with van der Waals surface area (Å²) < 4.78 is 4.47. The predicted molar refractivity (Wildman–Crippen MR) is 131 cm³/mol. The van der Waals surface area contributed by atoms with E-state index in [1.54, 1.807) is 4.90 Å². The van der Waals surface area contributed by atoms with Crippen LogP contribution in [-0.4, -0.2) is 35.4 Å². The van der Waals surface area contributed by atoms with E-state index in [9.17, 15) is 5.11 Å². The number of aliphatic hydroxyl groups is 1. The van der Waals surface area contributed by atoms with Gasteiger partial charge in [0.1, 0.15) is 12.6 Å². The molecule has 1 aliphatic carbocycles. The van der Waals surface area contributed by atoms with Crippen LogP contribution in [0, 0.1) is 16.7 Å². The molecule has 1 aromatic heterocycles. The largest absolute Gasteiger partial charge is 0.385 e. The molecule has 0 amide bonds. The first-order valence-electron chi connectivity index (χ1n) is 11.1. The fourth-order valence-corrected chi connectivity index (χ4v) is 7.05. The lowest BCUT2D eigenvalue weighted by atomic mass is 9.63. The van der Waals surface area contributed by atoms with E-state index in [1.165, 1.54) is 47.7 Å². The fraction of sp³-hybridized carbons (Fsp3) is 0.520. The zero-order chi connectivity index (χ0) is 21.3. The number of rotatable bonds is 4. The van der Waals surface area contributed by atoms with Crippen molar-refractivity contribution in [3.63, 3.8) is 0 Å². The average molecular weight is 535 g/mol. The first-order valence-corrected chi connectivity index (χ1v) is 12.7. The molecule has 2 fully saturated rings. The minimum atomic E-state index is -0.352. The Hall–Kier alpha value is -0.880. The smallest absolute Gasteiger partial charge is 0.121 e. The highest BCUT2D eigenvalue weighted by Gasteiger charge is 2.57. The Morgan fingerprint density at radius 3 is 2.23 bits per heavy atom. The summed E-state index contributed by atoms with van der Waals surface area (Å²) in [5, 5.41) is 13.6. The second-order valence-electron chi connectivity index (χ2n) is 10.4. The molecule has 5 heteroatoms. The lowest BCUT2D eigenvalue weighted by Gasteiger charge is -2.48. The molecule has 0 spiro atoms. The van der Waals surface area contributed by atoms with E-state index in [4.69, 9.17) is 0 Å². The molecule has 1 saturated heterocycles. The van der Waals surface area contributed by atoms with Crippen LogP contribution in [0.2, 0.25) is 0 Å². The molecule has 160 valence electrons. The number of quaternary nitrogens is 1. The van der Waals surface area contributed by atoms with Gasteiger partial charge in [-0.2, -0.15) is 0 Å². The van der Waals surface area contributed by atoms with Crippen molar-refractivity contribution < 1.29 is 10.0 Å². The van der Waals surface area contributed by atoms with E-state index in [2.05, 4.69) is 93.6 Å². The second kappa shape index (κ2) is 7.33. The standard InChI is InChI=1S/C25H30Br2N2O/c1-24(2)16-8-9-25(24,3)15-28(12-16)13-19(30)14-29-22-6-4-17(26)10-20(22)21-11-18(27)5-7-23(21)29/h4-7,10-11,16,19,30H,8-9,12-15H2,1-3H3/p+1/t16-,19-,25-/m0/s1. The lowest BCUT2D eigenvalue weighted by Crippen LogP contribution is -3.16. The molecule has 5 rings (SSSR count). The Morgan fingerprint density at radius 1 is 1.07 bits per heavy atom. The molecule has 4 atom stereocenters. The maximum atomic E-state index is 11.1. The summed E-state index contributed by atoms with van der Waals surface area (Å²) in [5.74, 6) is 0.779. The molecule has 1 saturated carbocycles. The van der Waals surface area contributed by atoms with E-state index >= 15 is 0 Å². The van der Waals surface area contributed by atoms with Crippen molar-refractivity contribution in [2.75, 3.05) is 19.6 Å². The molecule has 1 aliphatic heterocycles. The van der Waals surface area contributed by atoms with Crippen LogP contribution < -0.4 is 4.90 Å². The van der Waals surface area contributed by atoms with Gasteiger partial charge in [0.25, 0.3) is 0 Å². The zero-order valence-electron chi connectivity index (χ0n) is 18.0. The Kier molecular flexibility index (Phi) is 5.13. The first kappa shape index (κ1) is 21.0. The number of aliphatic hydroxyl groups excluding tert-OH is 1. The number of hydrogen-bond donors (Lipinski definition) is 2. The van der Waals surface area contributed by atoms with Crippen molar-refractivity contribution in [1.82, 2.24) is 4.57 Å². The van der Waals surface area contributed by atoms with Crippen LogP contribution in [0.1, 0.15) is 33.6 Å². The van der Waals surface area contributed by atoms with Gasteiger partial charge < -0.3 is 14.6 Å². The fourth-order valence-electron chi connectivity index (χ4n) is 6.32. The summed E-state index contributed by atoms with van der Waals surface area (Å²) in [6.07, 6.45) is 2.33. The third kappa shape index (κ3) is 3.28. The lowest BCUT2D eigenvalue weighted by molar-refractivity contribution is -0.921. The maximum absolute atomic E-state index is 11.1. The van der Waals surface area contributed by atoms with Crippen molar-refractivity contribution in [2.24, 2.45) is 16.7 Å². The van der Waals surface area contributed by atoms with Crippen LogP contribution in [-0.2, 0) is 6.54 Å². The number of piperidine rings is 1. The molecule has 2 aliphatic rings. The molecule has 2 N–H and O–H groups in total. The summed E-state index contributed by atoms with van der Waals surface area (Å²) in [5.41, 5.74) is 3.20. The molecule has 3 nitrogen and oxygen atoms in total. The van der Waals surface area contributed by atoms with E-state index < -0.39 is 0 Å². The maximum Gasteiger partial charge on any atom is 0.121 e. The number of fused-ring (bicyclic) bond motifs is 5. The zero-order valence-corrected chi connectivity index (χ0v) is 21.2. The normalized spacial score (nSPS) is 29.0. The van der Waals surface area contributed by atoms with Crippen molar-refractivity contribution in [3.8, 4) is 0 Å². The number of nitrogens with zero attached hydrogens (tertiary/aromatic N) is 1. The van der Waals surface area contributed by atoms with E-state index in [0.29, 0.717) is 17.4 Å². The Bertz CT molecular complexity index is 1060. The molecule has 2 aromatic carbocycles. The monoisotopic (exact) mass is 533 g/mol. The molecule has 2 heterocycles. The van der Waals surface area contributed by atoms with Crippen molar-refractivity contribution in [3.05, 3.63) is 45.3 Å². The van der Waals surface area contributed by atoms with E-state index in [-0.39, 0.29) is 6.10 Å². The number of nitrogens with one attached hydrogen (secondary N) is 1. The Morgan fingerprint density at radius 2 is 1.67 bits per heavy atom. The third-order valence-corrected chi connectivity index (χ3v) is 9.49. The quantitative estimate of drug-likeness (QED) is 0.483. The van der Waals surface area contributed by atoms with Gasteiger partial charge in [0.05, 0.1) is 19.6 Å². The van der Waals surface area contributed by atoms with Crippen LogP contribution in [0.3, 0.4) is 0 Å². The number of aromatic nitrogens is 1. The molecule has 0 radical (unpaired) electrons. The van der Waals surface area contributed by atoms with Crippen LogP contribution in [0.15, 0.2) is 45.3 Å². The molecule has 30 heavy (non-hydrogen) atoms. The minimum absolute atomic E-state index is 0.352. The van der Waals surface area contributed by atoms with Crippen molar-refractivity contribution in [2.45, 2.75) is 46.3 Å². The SMILES string of the molecule is CC1(C)[C@H]2CC[C@@]1(C)C[NH+](C[C@H](O)Cn1c3ccc(Br)cc3c3cc(Br)ccc31)C2. The minimum Gasteiger partial charge on any atom is -0.385 e. The van der Waals surface area contributed by atoms with E-state index in [1.807, 2.05) is 0 Å². The molecule has 1 unspecified atom stereocenters.